The van der Waals surface area contributed by atoms with E-state index in [1.165, 1.54) is 6.26 Å². The van der Waals surface area contributed by atoms with Crippen LogP contribution in [0.2, 0.25) is 0 Å². The van der Waals surface area contributed by atoms with Gasteiger partial charge in [0.1, 0.15) is 24.4 Å². The van der Waals surface area contributed by atoms with Crippen LogP contribution in [0.5, 0.6) is 0 Å². The molecule has 0 amide bonds. The zero-order chi connectivity index (χ0) is 24.8. The number of carbonyl (C=O) groups is 3. The molecule has 2 aliphatic carbocycles. The molecular weight excluding hydrogens is 456 g/mol. The van der Waals surface area contributed by atoms with E-state index in [9.17, 15) is 19.5 Å². The predicted octanol–water partition coefficient (Wildman–Crippen LogP) is 2.11. The fourth-order valence-corrected chi connectivity index (χ4v) is 9.52. The second kappa shape index (κ2) is 6.18. The number of epoxide rings is 1. The average molecular weight is 487 g/mol. The number of furan rings is 1. The third-order valence-corrected chi connectivity index (χ3v) is 10.7. The summed E-state index contributed by atoms with van der Waals surface area (Å²) in [7, 11) is 0. The lowest BCUT2D eigenvalue weighted by Gasteiger charge is -2.66. The summed E-state index contributed by atoms with van der Waals surface area (Å²) >= 11 is 0. The molecule has 35 heavy (non-hydrogen) atoms. The lowest BCUT2D eigenvalue weighted by atomic mass is 9.36. The van der Waals surface area contributed by atoms with E-state index in [0.29, 0.717) is 12.8 Å². The highest BCUT2D eigenvalue weighted by Crippen LogP contribution is 2.80. The standard InChI is InChI=1S/C26H30O9/c1-22(2)17-16(28)18(29)24(4)13(25(17)11-32-15(27)9-14(25)34-22)5-7-23(3)19(12-6-8-31-10-12)33-21(30)20-26(23,24)35-20/h6,8,10,13-14,17-20,29H,5,7,9,11H2,1-4H3/t13-,14+,17+,18-,19-,20-,23+,24-,25+,26-/m0/s1. The number of ether oxygens (including phenoxy) is 4. The number of esters is 2. The summed E-state index contributed by atoms with van der Waals surface area (Å²) in [6.45, 7) is 7.66. The summed E-state index contributed by atoms with van der Waals surface area (Å²) in [5.74, 6) is -2.09. The minimum Gasteiger partial charge on any atom is -0.472 e. The molecular formula is C26H30O9. The number of hydrogen-bond donors (Lipinski definition) is 1. The molecule has 0 bridgehead atoms. The van der Waals surface area contributed by atoms with E-state index in [4.69, 9.17) is 23.4 Å². The molecule has 6 aliphatic rings. The molecule has 0 unspecified atom stereocenters. The molecule has 188 valence electrons. The fraction of sp³-hybridized carbons (Fsp3) is 0.731. The maximum Gasteiger partial charge on any atom is 0.339 e. The molecule has 9 nitrogen and oxygen atoms in total. The molecule has 5 heterocycles. The van der Waals surface area contributed by atoms with Gasteiger partial charge in [0, 0.05) is 21.8 Å². The van der Waals surface area contributed by atoms with E-state index in [0.717, 1.165) is 5.56 Å². The Morgan fingerprint density at radius 2 is 1.83 bits per heavy atom. The minimum absolute atomic E-state index is 0.0520. The van der Waals surface area contributed by atoms with Gasteiger partial charge >= 0.3 is 11.9 Å². The fourth-order valence-electron chi connectivity index (χ4n) is 9.52. The van der Waals surface area contributed by atoms with E-state index >= 15 is 0 Å². The van der Waals surface area contributed by atoms with Crippen LogP contribution in [-0.2, 0) is 33.3 Å². The Balaban J connectivity index is 1.43. The summed E-state index contributed by atoms with van der Waals surface area (Å²) in [6.07, 6.45) is 1.02. The van der Waals surface area contributed by atoms with E-state index in [1.54, 1.807) is 12.3 Å². The van der Waals surface area contributed by atoms with Gasteiger partial charge in [0.2, 0.25) is 0 Å². The van der Waals surface area contributed by atoms with Gasteiger partial charge in [0.05, 0.1) is 36.6 Å². The molecule has 0 radical (unpaired) electrons. The summed E-state index contributed by atoms with van der Waals surface area (Å²) in [5.41, 5.74) is -3.90. The smallest absolute Gasteiger partial charge is 0.339 e. The van der Waals surface area contributed by atoms with Gasteiger partial charge in [-0.05, 0) is 38.7 Å². The SMILES string of the molecule is CC1(C)O[C@@H]2CC(=O)OC[C@]23[C@@H]1C(=O)[C@H](O)[C@]1(C)[C@@H]3CC[C@]2(C)[C@H](c3ccoc3)OC(=O)[C@@H]3O[C@]312. The minimum atomic E-state index is -1.37. The number of carbonyl (C=O) groups excluding carboxylic acids is 3. The molecule has 9 heteroatoms. The summed E-state index contributed by atoms with van der Waals surface area (Å²) in [6, 6.07) is 1.77. The molecule has 7 rings (SSSR count). The van der Waals surface area contributed by atoms with E-state index < -0.39 is 63.8 Å². The van der Waals surface area contributed by atoms with Crippen LogP contribution in [0.1, 0.15) is 58.6 Å². The van der Waals surface area contributed by atoms with Crippen LogP contribution < -0.4 is 0 Å². The van der Waals surface area contributed by atoms with Crippen molar-refractivity contribution >= 4 is 17.7 Å². The van der Waals surface area contributed by atoms with Gasteiger partial charge < -0.3 is 28.5 Å². The number of rotatable bonds is 1. The lowest BCUT2D eigenvalue weighted by molar-refractivity contribution is -0.252. The molecule has 10 atom stereocenters. The van der Waals surface area contributed by atoms with Gasteiger partial charge in [-0.2, -0.15) is 0 Å². The van der Waals surface area contributed by atoms with Crippen molar-refractivity contribution in [2.45, 2.75) is 82.6 Å². The van der Waals surface area contributed by atoms with Crippen LogP contribution in [0, 0.1) is 28.1 Å². The monoisotopic (exact) mass is 486 g/mol. The first-order valence-electron chi connectivity index (χ1n) is 12.4. The first-order chi connectivity index (χ1) is 16.4. The predicted molar refractivity (Wildman–Crippen MR) is 116 cm³/mol. The van der Waals surface area contributed by atoms with Crippen molar-refractivity contribution in [3.63, 3.8) is 0 Å². The lowest BCUT2D eigenvalue weighted by Crippen LogP contribution is -2.76. The molecule has 2 saturated carbocycles. The van der Waals surface area contributed by atoms with Gasteiger partial charge in [0.15, 0.2) is 11.9 Å². The van der Waals surface area contributed by atoms with Crippen LogP contribution in [-0.4, -0.2) is 58.9 Å². The second-order valence-electron chi connectivity index (χ2n) is 12.3. The molecule has 2 spiro atoms. The van der Waals surface area contributed by atoms with Gasteiger partial charge in [-0.15, -0.1) is 0 Å². The van der Waals surface area contributed by atoms with Gasteiger partial charge in [0.25, 0.3) is 0 Å². The highest BCUT2D eigenvalue weighted by atomic mass is 16.7. The number of aliphatic hydroxyl groups is 1. The Bertz CT molecular complexity index is 1160. The van der Waals surface area contributed by atoms with Crippen molar-refractivity contribution in [3.05, 3.63) is 24.2 Å². The van der Waals surface area contributed by atoms with Crippen molar-refractivity contribution < 1.29 is 42.9 Å². The van der Waals surface area contributed by atoms with E-state index in [1.807, 2.05) is 27.7 Å². The zero-order valence-corrected chi connectivity index (χ0v) is 20.2. The quantitative estimate of drug-likeness (QED) is 0.469. The highest BCUT2D eigenvalue weighted by Gasteiger charge is 2.90. The molecule has 4 saturated heterocycles. The maximum absolute atomic E-state index is 14.1. The van der Waals surface area contributed by atoms with Gasteiger partial charge in [-0.25, -0.2) is 4.79 Å². The topological polar surface area (TPSA) is 125 Å². The van der Waals surface area contributed by atoms with Crippen LogP contribution in [0.4, 0.5) is 0 Å². The second-order valence-corrected chi connectivity index (χ2v) is 12.3. The Hall–Kier alpha value is -2.23. The zero-order valence-electron chi connectivity index (χ0n) is 20.2. The molecule has 1 N–H and O–H groups in total. The van der Waals surface area contributed by atoms with Crippen molar-refractivity contribution in [3.8, 4) is 0 Å². The van der Waals surface area contributed by atoms with Crippen LogP contribution in [0.15, 0.2) is 23.0 Å². The third kappa shape index (κ3) is 2.14. The van der Waals surface area contributed by atoms with Crippen molar-refractivity contribution in [1.82, 2.24) is 0 Å². The first kappa shape index (κ1) is 22.0. The number of hydrogen-bond acceptors (Lipinski definition) is 9. The van der Waals surface area contributed by atoms with E-state index in [2.05, 4.69) is 0 Å². The molecule has 1 aromatic rings. The highest BCUT2D eigenvalue weighted by molar-refractivity contribution is 5.92. The molecule has 4 aliphatic heterocycles. The summed E-state index contributed by atoms with van der Waals surface area (Å²) < 4.78 is 29.6. The molecule has 1 aromatic heterocycles. The average Bonchev–Trinajstić information content (AvgIpc) is 3.26. The van der Waals surface area contributed by atoms with Crippen LogP contribution in [0.3, 0.4) is 0 Å². The Morgan fingerprint density at radius 3 is 2.54 bits per heavy atom. The number of aliphatic hydroxyl groups excluding tert-OH is 1. The van der Waals surface area contributed by atoms with Crippen LogP contribution >= 0.6 is 0 Å². The normalized spacial score (nSPS) is 53.3. The number of ketones is 1. The first-order valence-corrected chi connectivity index (χ1v) is 12.4. The molecule has 0 aromatic carbocycles. The number of Topliss-reactive ketones (excluding diaryl/α,β-unsaturated/α-hetero) is 1. The van der Waals surface area contributed by atoms with Gasteiger partial charge in [-0.1, -0.05) is 13.8 Å². The Labute approximate surface area is 202 Å². The Kier molecular flexibility index (Phi) is 3.88. The summed E-state index contributed by atoms with van der Waals surface area (Å²) in [5, 5.41) is 11.8. The third-order valence-electron chi connectivity index (χ3n) is 10.7. The molecule has 6 fully saturated rings. The number of cyclic esters (lactones) is 2. The van der Waals surface area contributed by atoms with Crippen molar-refractivity contribution in [2.24, 2.45) is 28.1 Å². The maximum atomic E-state index is 14.1. The van der Waals surface area contributed by atoms with E-state index in [-0.39, 0.29) is 30.7 Å². The number of fused-ring (bicyclic) bond motifs is 1. The van der Waals surface area contributed by atoms with Gasteiger partial charge in [-0.3, -0.25) is 9.59 Å². The summed E-state index contributed by atoms with van der Waals surface area (Å²) in [4.78, 5) is 39.6. The van der Waals surface area contributed by atoms with Crippen LogP contribution in [0.25, 0.3) is 0 Å². The van der Waals surface area contributed by atoms with Crippen molar-refractivity contribution in [1.29, 1.82) is 0 Å². The Morgan fingerprint density at radius 1 is 1.06 bits per heavy atom. The van der Waals surface area contributed by atoms with Crippen molar-refractivity contribution in [2.75, 3.05) is 6.61 Å². The largest absolute Gasteiger partial charge is 0.472 e.